The molecule has 8 heteroatoms. The zero-order chi connectivity index (χ0) is 17.7. The van der Waals surface area contributed by atoms with Gasteiger partial charge in [-0.3, -0.25) is 4.79 Å². The lowest BCUT2D eigenvalue weighted by molar-refractivity contribution is -0.153. The van der Waals surface area contributed by atoms with E-state index in [0.717, 1.165) is 5.56 Å². The minimum atomic E-state index is -3.07. The van der Waals surface area contributed by atoms with Crippen LogP contribution < -0.4 is 4.74 Å². The van der Waals surface area contributed by atoms with Crippen molar-refractivity contribution in [3.05, 3.63) is 29.8 Å². The van der Waals surface area contributed by atoms with Gasteiger partial charge in [-0.05, 0) is 31.0 Å². The first-order valence-electron chi connectivity index (χ1n) is 7.58. The lowest BCUT2D eigenvalue weighted by Crippen LogP contribution is -2.40. The number of hydrogen-bond donors (Lipinski definition) is 0. The van der Waals surface area contributed by atoms with E-state index in [-0.39, 0.29) is 24.2 Å². The maximum Gasteiger partial charge on any atom is 0.344 e. The number of sulfone groups is 1. The molecule has 0 bridgehead atoms. The van der Waals surface area contributed by atoms with E-state index in [1.165, 1.54) is 11.9 Å². The highest BCUT2D eigenvalue weighted by Crippen LogP contribution is 2.16. The van der Waals surface area contributed by atoms with Gasteiger partial charge in [0, 0.05) is 13.1 Å². The van der Waals surface area contributed by atoms with Crippen molar-refractivity contribution in [2.45, 2.75) is 19.4 Å². The van der Waals surface area contributed by atoms with Gasteiger partial charge >= 0.3 is 5.97 Å². The van der Waals surface area contributed by atoms with Gasteiger partial charge in [0.15, 0.2) is 23.1 Å². The van der Waals surface area contributed by atoms with E-state index in [4.69, 9.17) is 9.47 Å². The number of aryl methyl sites for hydroxylation is 1. The third-order valence-corrected chi connectivity index (χ3v) is 5.60. The summed E-state index contributed by atoms with van der Waals surface area (Å²) in [5, 5.41) is 0. The van der Waals surface area contributed by atoms with Crippen molar-refractivity contribution in [1.29, 1.82) is 0 Å². The van der Waals surface area contributed by atoms with Crippen molar-refractivity contribution in [2.24, 2.45) is 0 Å². The second kappa shape index (κ2) is 7.65. The standard InChI is InChI=1S/C16H21NO6S/c1-12-4-3-5-14(8-12)22-10-16(19)23-9-15(18)17(2)13-6-7-24(20,21)11-13/h3-5,8,13H,6-7,9-11H2,1-2H3. The maximum atomic E-state index is 12.0. The van der Waals surface area contributed by atoms with Crippen LogP contribution in [0.5, 0.6) is 5.75 Å². The molecule has 0 N–H and O–H groups in total. The van der Waals surface area contributed by atoms with Crippen molar-refractivity contribution in [2.75, 3.05) is 31.8 Å². The molecule has 132 valence electrons. The van der Waals surface area contributed by atoms with Gasteiger partial charge in [0.1, 0.15) is 5.75 Å². The summed E-state index contributed by atoms with van der Waals surface area (Å²) in [5.74, 6) is -0.496. The third-order valence-electron chi connectivity index (χ3n) is 3.85. The van der Waals surface area contributed by atoms with E-state index in [9.17, 15) is 18.0 Å². The number of esters is 1. The fraction of sp³-hybridized carbons (Fsp3) is 0.500. The Labute approximate surface area is 141 Å². The van der Waals surface area contributed by atoms with E-state index in [0.29, 0.717) is 12.2 Å². The van der Waals surface area contributed by atoms with Crippen LogP contribution in [0.1, 0.15) is 12.0 Å². The molecule has 1 saturated heterocycles. The van der Waals surface area contributed by atoms with Crippen LogP contribution in [0.2, 0.25) is 0 Å². The number of nitrogens with zero attached hydrogens (tertiary/aromatic N) is 1. The molecule has 1 atom stereocenters. The Morgan fingerprint density at radius 3 is 2.67 bits per heavy atom. The average Bonchev–Trinajstić information content (AvgIpc) is 2.90. The third kappa shape index (κ3) is 5.23. The molecule has 1 heterocycles. The number of carbonyl (C=O) groups excluding carboxylic acids is 2. The number of hydrogen-bond acceptors (Lipinski definition) is 6. The molecule has 2 rings (SSSR count). The molecule has 1 amide bonds. The number of ether oxygens (including phenoxy) is 2. The predicted octanol–water partition coefficient (Wildman–Crippen LogP) is 0.563. The Hall–Kier alpha value is -2.09. The summed E-state index contributed by atoms with van der Waals surface area (Å²) in [4.78, 5) is 24.9. The summed E-state index contributed by atoms with van der Waals surface area (Å²) in [6, 6.07) is 6.87. The monoisotopic (exact) mass is 355 g/mol. The van der Waals surface area contributed by atoms with Crippen LogP contribution in [0.25, 0.3) is 0 Å². The summed E-state index contributed by atoms with van der Waals surface area (Å²) < 4.78 is 33.0. The molecule has 1 aliphatic heterocycles. The average molecular weight is 355 g/mol. The summed E-state index contributed by atoms with van der Waals surface area (Å²) in [6.07, 6.45) is 0.412. The highest BCUT2D eigenvalue weighted by Gasteiger charge is 2.32. The highest BCUT2D eigenvalue weighted by molar-refractivity contribution is 7.91. The Morgan fingerprint density at radius 1 is 1.29 bits per heavy atom. The van der Waals surface area contributed by atoms with Gasteiger partial charge < -0.3 is 14.4 Å². The Bertz CT molecular complexity index is 715. The number of benzene rings is 1. The van der Waals surface area contributed by atoms with Crippen molar-refractivity contribution in [3.63, 3.8) is 0 Å². The maximum absolute atomic E-state index is 12.0. The largest absolute Gasteiger partial charge is 0.482 e. The molecule has 1 unspecified atom stereocenters. The fourth-order valence-corrected chi connectivity index (χ4v) is 4.19. The minimum Gasteiger partial charge on any atom is -0.482 e. The molecule has 0 aliphatic carbocycles. The lowest BCUT2D eigenvalue weighted by Gasteiger charge is -2.23. The van der Waals surface area contributed by atoms with Gasteiger partial charge in [-0.2, -0.15) is 0 Å². The van der Waals surface area contributed by atoms with Gasteiger partial charge in [0.05, 0.1) is 11.5 Å². The number of amides is 1. The molecule has 0 saturated carbocycles. The van der Waals surface area contributed by atoms with Crippen molar-refractivity contribution in [3.8, 4) is 5.75 Å². The minimum absolute atomic E-state index is 0.0420. The normalized spacial score (nSPS) is 18.8. The molecule has 24 heavy (non-hydrogen) atoms. The first-order valence-corrected chi connectivity index (χ1v) is 9.40. The summed E-state index contributed by atoms with van der Waals surface area (Å²) in [6.45, 7) is 1.18. The van der Waals surface area contributed by atoms with E-state index in [2.05, 4.69) is 0 Å². The van der Waals surface area contributed by atoms with Gasteiger partial charge in [-0.1, -0.05) is 12.1 Å². The molecular weight excluding hydrogens is 334 g/mol. The topological polar surface area (TPSA) is 90.0 Å². The SMILES string of the molecule is Cc1cccc(OCC(=O)OCC(=O)N(C)C2CCS(=O)(=O)C2)c1. The molecule has 7 nitrogen and oxygen atoms in total. The molecule has 1 aliphatic rings. The van der Waals surface area contributed by atoms with E-state index >= 15 is 0 Å². The fourth-order valence-electron chi connectivity index (χ4n) is 2.42. The first kappa shape index (κ1) is 18.3. The Kier molecular flexibility index (Phi) is 5.82. The van der Waals surface area contributed by atoms with Gasteiger partial charge in [0.2, 0.25) is 0 Å². The molecule has 0 aromatic heterocycles. The zero-order valence-electron chi connectivity index (χ0n) is 13.7. The molecule has 0 radical (unpaired) electrons. The smallest absolute Gasteiger partial charge is 0.344 e. The van der Waals surface area contributed by atoms with Gasteiger partial charge in [-0.15, -0.1) is 0 Å². The molecule has 1 aromatic carbocycles. The van der Waals surface area contributed by atoms with Gasteiger partial charge in [-0.25, -0.2) is 13.2 Å². The van der Waals surface area contributed by atoms with E-state index < -0.39 is 28.3 Å². The lowest BCUT2D eigenvalue weighted by atomic mass is 10.2. The quantitative estimate of drug-likeness (QED) is 0.693. The molecule has 1 fully saturated rings. The number of likely N-dealkylation sites (N-methyl/N-ethyl adjacent to an activating group) is 1. The van der Waals surface area contributed by atoms with Crippen molar-refractivity contribution in [1.82, 2.24) is 4.90 Å². The van der Waals surface area contributed by atoms with Crippen molar-refractivity contribution < 1.29 is 27.5 Å². The molecular formula is C16H21NO6S. The summed E-state index contributed by atoms with van der Waals surface area (Å²) in [5.41, 5.74) is 1.00. The summed E-state index contributed by atoms with van der Waals surface area (Å²) >= 11 is 0. The van der Waals surface area contributed by atoms with Crippen molar-refractivity contribution >= 4 is 21.7 Å². The molecule has 1 aromatic rings. The van der Waals surface area contributed by atoms with Crippen LogP contribution in [0.4, 0.5) is 0 Å². The van der Waals surface area contributed by atoms with Crippen LogP contribution in [0.15, 0.2) is 24.3 Å². The van der Waals surface area contributed by atoms with Crippen LogP contribution in [0, 0.1) is 6.92 Å². The predicted molar refractivity (Wildman–Crippen MR) is 87.5 cm³/mol. The van der Waals surface area contributed by atoms with E-state index in [1.807, 2.05) is 19.1 Å². The van der Waals surface area contributed by atoms with Gasteiger partial charge in [0.25, 0.3) is 5.91 Å². The second-order valence-corrected chi connectivity index (χ2v) is 8.06. The van der Waals surface area contributed by atoms with E-state index in [1.54, 1.807) is 12.1 Å². The highest BCUT2D eigenvalue weighted by atomic mass is 32.2. The molecule has 0 spiro atoms. The Balaban J connectivity index is 1.74. The van der Waals surface area contributed by atoms with Crippen LogP contribution in [0.3, 0.4) is 0 Å². The number of carbonyl (C=O) groups is 2. The second-order valence-electron chi connectivity index (χ2n) is 5.83. The van der Waals surface area contributed by atoms with Crippen LogP contribution in [-0.4, -0.2) is 63.0 Å². The number of rotatable bonds is 6. The first-order chi connectivity index (χ1) is 11.3. The Morgan fingerprint density at radius 2 is 2.04 bits per heavy atom. The van der Waals surface area contributed by atoms with Crippen LogP contribution >= 0.6 is 0 Å². The zero-order valence-corrected chi connectivity index (χ0v) is 14.5. The van der Waals surface area contributed by atoms with Crippen LogP contribution in [-0.2, 0) is 24.2 Å². The summed E-state index contributed by atoms with van der Waals surface area (Å²) in [7, 11) is -1.55.